The number of ketones is 1. The lowest BCUT2D eigenvalue weighted by Crippen LogP contribution is -1.98. The van der Waals surface area contributed by atoms with Crippen LogP contribution in [0, 0.1) is 11.8 Å². The third kappa shape index (κ3) is 6.20. The molecule has 1 atom stereocenters. The van der Waals surface area contributed by atoms with Crippen LogP contribution in [0.5, 0.6) is 0 Å². The minimum atomic E-state index is -0.679. The summed E-state index contributed by atoms with van der Waals surface area (Å²) in [5, 5.41) is 0. The van der Waals surface area contributed by atoms with Gasteiger partial charge in [0.1, 0.15) is 6.17 Å². The topological polar surface area (TPSA) is 17.1 Å². The predicted molar refractivity (Wildman–Crippen MR) is 77.0 cm³/mol. The quantitative estimate of drug-likeness (QED) is 0.416. The van der Waals surface area contributed by atoms with Gasteiger partial charge in [-0.25, -0.2) is 4.39 Å². The molecule has 0 bridgehead atoms. The van der Waals surface area contributed by atoms with Crippen molar-refractivity contribution >= 4 is 5.78 Å². The third-order valence-corrected chi connectivity index (χ3v) is 2.95. The number of alkyl halides is 1. The molecule has 102 valence electrons. The summed E-state index contributed by atoms with van der Waals surface area (Å²) in [6.07, 6.45) is 3.00. The molecule has 0 aliphatic heterocycles. The van der Waals surface area contributed by atoms with Gasteiger partial charge < -0.3 is 0 Å². The standard InChI is InChI=1S/C17H21FO/c1-3-7-17(18)9-6-4-5-8-15-10-12-16(13-11-15)14(2)19/h10-13,17H,3-4,6-7,9H2,1-2H3/t17-/m1/s1. The van der Waals surface area contributed by atoms with Gasteiger partial charge in [-0.1, -0.05) is 37.3 Å². The molecule has 0 radical (unpaired) electrons. The highest BCUT2D eigenvalue weighted by Gasteiger charge is 2.02. The molecule has 2 heteroatoms. The van der Waals surface area contributed by atoms with Gasteiger partial charge in [0.25, 0.3) is 0 Å². The maximum absolute atomic E-state index is 13.2. The van der Waals surface area contributed by atoms with E-state index in [1.165, 1.54) is 0 Å². The molecule has 0 spiro atoms. The number of hydrogen-bond acceptors (Lipinski definition) is 1. The Balaban J connectivity index is 2.35. The number of carbonyl (C=O) groups is 1. The summed E-state index contributed by atoms with van der Waals surface area (Å²) in [4.78, 5) is 11.1. The second kappa shape index (κ2) is 8.48. The lowest BCUT2D eigenvalue weighted by molar-refractivity contribution is 0.101. The monoisotopic (exact) mass is 260 g/mol. The Labute approximate surface area is 115 Å². The molecular formula is C17H21FO. The number of halogens is 1. The molecule has 0 unspecified atom stereocenters. The number of carbonyl (C=O) groups excluding carboxylic acids is 1. The summed E-state index contributed by atoms with van der Waals surface area (Å²) in [5.41, 5.74) is 1.60. The zero-order chi connectivity index (χ0) is 14.1. The fourth-order valence-corrected chi connectivity index (χ4v) is 1.82. The summed E-state index contributed by atoms with van der Waals surface area (Å²) in [5.74, 6) is 6.14. The van der Waals surface area contributed by atoms with Crippen LogP contribution in [0.15, 0.2) is 24.3 Å². The van der Waals surface area contributed by atoms with Crippen LogP contribution in [0.4, 0.5) is 4.39 Å². The number of unbranched alkanes of at least 4 members (excludes halogenated alkanes) is 1. The van der Waals surface area contributed by atoms with Gasteiger partial charge in [-0.15, -0.1) is 0 Å². The highest BCUT2D eigenvalue weighted by atomic mass is 19.1. The van der Waals surface area contributed by atoms with Gasteiger partial charge in [0.15, 0.2) is 5.78 Å². The van der Waals surface area contributed by atoms with Crippen LogP contribution in [0.2, 0.25) is 0 Å². The smallest absolute Gasteiger partial charge is 0.159 e. The van der Waals surface area contributed by atoms with Crippen LogP contribution in [0.1, 0.15) is 61.9 Å². The van der Waals surface area contributed by atoms with Crippen molar-refractivity contribution in [3.63, 3.8) is 0 Å². The van der Waals surface area contributed by atoms with Gasteiger partial charge >= 0.3 is 0 Å². The Morgan fingerprint density at radius 2 is 1.95 bits per heavy atom. The highest BCUT2D eigenvalue weighted by Crippen LogP contribution is 2.10. The fraction of sp³-hybridized carbons (Fsp3) is 0.471. The molecule has 0 saturated heterocycles. The summed E-state index contributed by atoms with van der Waals surface area (Å²) < 4.78 is 13.2. The molecule has 0 N–H and O–H groups in total. The first kappa shape index (κ1) is 15.4. The minimum absolute atomic E-state index is 0.0596. The van der Waals surface area contributed by atoms with E-state index in [0.29, 0.717) is 18.4 Å². The summed E-state index contributed by atoms with van der Waals surface area (Å²) >= 11 is 0. The number of Topliss-reactive ketones (excluding diaryl/α,β-unsaturated/α-hetero) is 1. The van der Waals surface area contributed by atoms with Crippen LogP contribution in [0.3, 0.4) is 0 Å². The summed E-state index contributed by atoms with van der Waals surface area (Å²) in [6, 6.07) is 7.26. The molecule has 0 aromatic heterocycles. The van der Waals surface area contributed by atoms with Crippen LogP contribution in [0.25, 0.3) is 0 Å². The molecule has 1 rings (SSSR count). The first-order chi connectivity index (χ1) is 9.13. The van der Waals surface area contributed by atoms with Gasteiger partial charge in [0.05, 0.1) is 0 Å². The van der Waals surface area contributed by atoms with Crippen molar-refractivity contribution < 1.29 is 9.18 Å². The Morgan fingerprint density at radius 1 is 1.26 bits per heavy atom. The lowest BCUT2D eigenvalue weighted by Gasteiger charge is -2.03. The van der Waals surface area contributed by atoms with Crippen LogP contribution >= 0.6 is 0 Å². The summed E-state index contributed by atoms with van der Waals surface area (Å²) in [7, 11) is 0. The molecule has 0 saturated carbocycles. The number of hydrogen-bond donors (Lipinski definition) is 0. The fourth-order valence-electron chi connectivity index (χ4n) is 1.82. The Bertz CT molecular complexity index is 450. The van der Waals surface area contributed by atoms with E-state index in [9.17, 15) is 9.18 Å². The van der Waals surface area contributed by atoms with Crippen LogP contribution in [-0.2, 0) is 0 Å². The van der Waals surface area contributed by atoms with E-state index < -0.39 is 6.17 Å². The van der Waals surface area contributed by atoms with E-state index in [2.05, 4.69) is 11.8 Å². The average Bonchev–Trinajstić information content (AvgIpc) is 2.39. The first-order valence-electron chi connectivity index (χ1n) is 6.87. The Kier molecular flexibility index (Phi) is 6.89. The molecule has 1 aromatic rings. The first-order valence-corrected chi connectivity index (χ1v) is 6.87. The van der Waals surface area contributed by atoms with Crippen molar-refractivity contribution in [3.8, 4) is 11.8 Å². The molecule has 0 amide bonds. The van der Waals surface area contributed by atoms with E-state index in [-0.39, 0.29) is 5.78 Å². The van der Waals surface area contributed by atoms with Crippen molar-refractivity contribution in [1.82, 2.24) is 0 Å². The van der Waals surface area contributed by atoms with Crippen LogP contribution < -0.4 is 0 Å². The molecule has 19 heavy (non-hydrogen) atoms. The molecular weight excluding hydrogens is 239 g/mol. The van der Waals surface area contributed by atoms with Gasteiger partial charge in [-0.2, -0.15) is 0 Å². The Morgan fingerprint density at radius 3 is 2.53 bits per heavy atom. The van der Waals surface area contributed by atoms with E-state index >= 15 is 0 Å². The molecule has 0 aliphatic rings. The number of rotatable bonds is 6. The van der Waals surface area contributed by atoms with E-state index in [1.807, 2.05) is 19.1 Å². The second-order valence-electron chi connectivity index (χ2n) is 4.71. The van der Waals surface area contributed by atoms with Crippen molar-refractivity contribution in [2.45, 2.75) is 52.1 Å². The van der Waals surface area contributed by atoms with Crippen molar-refractivity contribution in [2.24, 2.45) is 0 Å². The third-order valence-electron chi connectivity index (χ3n) is 2.95. The lowest BCUT2D eigenvalue weighted by atomic mass is 10.1. The average molecular weight is 260 g/mol. The maximum atomic E-state index is 13.2. The van der Waals surface area contributed by atoms with Crippen molar-refractivity contribution in [3.05, 3.63) is 35.4 Å². The van der Waals surface area contributed by atoms with Crippen molar-refractivity contribution in [1.29, 1.82) is 0 Å². The minimum Gasteiger partial charge on any atom is -0.295 e. The van der Waals surface area contributed by atoms with Gasteiger partial charge in [-0.3, -0.25) is 4.79 Å². The molecule has 0 heterocycles. The SMILES string of the molecule is CCC[C@@H](F)CCCC#Cc1ccc(C(C)=O)cc1. The predicted octanol–water partition coefficient (Wildman–Crippen LogP) is 4.55. The van der Waals surface area contributed by atoms with E-state index in [0.717, 1.165) is 24.8 Å². The zero-order valence-electron chi connectivity index (χ0n) is 11.7. The van der Waals surface area contributed by atoms with Crippen LogP contribution in [-0.4, -0.2) is 12.0 Å². The van der Waals surface area contributed by atoms with Gasteiger partial charge in [0.2, 0.25) is 0 Å². The number of benzene rings is 1. The largest absolute Gasteiger partial charge is 0.295 e. The van der Waals surface area contributed by atoms with E-state index in [1.54, 1.807) is 19.1 Å². The van der Waals surface area contributed by atoms with Crippen molar-refractivity contribution in [2.75, 3.05) is 0 Å². The van der Waals surface area contributed by atoms with Gasteiger partial charge in [0, 0.05) is 17.5 Å². The normalized spacial score (nSPS) is 11.5. The Hall–Kier alpha value is -1.62. The molecule has 1 aromatic carbocycles. The van der Waals surface area contributed by atoms with E-state index in [4.69, 9.17) is 0 Å². The molecule has 1 nitrogen and oxygen atoms in total. The summed E-state index contributed by atoms with van der Waals surface area (Å²) in [6.45, 7) is 3.54. The molecule has 0 aliphatic carbocycles. The second-order valence-corrected chi connectivity index (χ2v) is 4.71. The maximum Gasteiger partial charge on any atom is 0.159 e. The highest BCUT2D eigenvalue weighted by molar-refractivity contribution is 5.94. The van der Waals surface area contributed by atoms with Gasteiger partial charge in [-0.05, 0) is 38.3 Å². The zero-order valence-corrected chi connectivity index (χ0v) is 11.7. The molecule has 0 fully saturated rings.